The van der Waals surface area contributed by atoms with Crippen LogP contribution in [0, 0.1) is 0 Å². The van der Waals surface area contributed by atoms with E-state index in [2.05, 4.69) is 9.84 Å². The fourth-order valence-corrected chi connectivity index (χ4v) is 1.34. The van der Waals surface area contributed by atoms with E-state index in [1.165, 1.54) is 18.0 Å². The van der Waals surface area contributed by atoms with Crippen molar-refractivity contribution in [2.75, 3.05) is 12.8 Å². The first-order chi connectivity index (χ1) is 7.51. The minimum atomic E-state index is -0.643. The van der Waals surface area contributed by atoms with Gasteiger partial charge in [0.2, 0.25) is 5.91 Å². The Balaban J connectivity index is 3.08. The maximum Gasteiger partial charge on any atom is 0.360 e. The number of carbonyl (C=O) groups is 2. The van der Waals surface area contributed by atoms with Gasteiger partial charge in [-0.15, -0.1) is 0 Å². The van der Waals surface area contributed by atoms with Crippen LogP contribution in [0.3, 0.4) is 0 Å². The van der Waals surface area contributed by atoms with Crippen LogP contribution in [-0.2, 0) is 9.53 Å². The third-order valence-electron chi connectivity index (χ3n) is 2.17. The van der Waals surface area contributed by atoms with Gasteiger partial charge < -0.3 is 16.2 Å². The number of methoxy groups -OCH3 is 1. The number of hydrogen-bond acceptors (Lipinski definition) is 5. The fraction of sp³-hybridized carbons (Fsp3) is 0.444. The number of primary amides is 1. The Kier molecular flexibility index (Phi) is 3.49. The van der Waals surface area contributed by atoms with E-state index in [1.807, 2.05) is 0 Å². The molecule has 4 N–H and O–H groups in total. The van der Waals surface area contributed by atoms with Gasteiger partial charge in [-0.3, -0.25) is 9.48 Å². The highest BCUT2D eigenvalue weighted by atomic mass is 16.5. The van der Waals surface area contributed by atoms with Crippen LogP contribution in [0.2, 0.25) is 0 Å². The number of hydrogen-bond donors (Lipinski definition) is 2. The lowest BCUT2D eigenvalue weighted by Crippen LogP contribution is -2.26. The SMILES string of the molecule is CCC(C(N)=O)n1cc(N)c(C(=O)OC)n1. The molecule has 0 bridgehead atoms. The molecular formula is C9H14N4O3. The fourth-order valence-electron chi connectivity index (χ4n) is 1.34. The first-order valence-corrected chi connectivity index (χ1v) is 4.73. The highest BCUT2D eigenvalue weighted by Crippen LogP contribution is 2.16. The number of nitrogens with zero attached hydrogens (tertiary/aromatic N) is 2. The Morgan fingerprint density at radius 3 is 2.69 bits per heavy atom. The summed E-state index contributed by atoms with van der Waals surface area (Å²) in [5.74, 6) is -1.17. The molecular weight excluding hydrogens is 212 g/mol. The summed E-state index contributed by atoms with van der Waals surface area (Å²) < 4.78 is 5.78. The van der Waals surface area contributed by atoms with Crippen LogP contribution < -0.4 is 11.5 Å². The van der Waals surface area contributed by atoms with E-state index < -0.39 is 17.9 Å². The number of esters is 1. The Labute approximate surface area is 92.3 Å². The second-order valence-corrected chi connectivity index (χ2v) is 3.23. The lowest BCUT2D eigenvalue weighted by Gasteiger charge is -2.10. The molecule has 0 radical (unpaired) electrons. The summed E-state index contributed by atoms with van der Waals surface area (Å²) in [6.07, 6.45) is 1.86. The molecule has 88 valence electrons. The van der Waals surface area contributed by atoms with Gasteiger partial charge in [0.05, 0.1) is 12.8 Å². The highest BCUT2D eigenvalue weighted by molar-refractivity contribution is 5.92. The molecule has 0 aromatic carbocycles. The summed E-state index contributed by atoms with van der Waals surface area (Å²) in [6.45, 7) is 1.78. The molecule has 0 aliphatic rings. The van der Waals surface area contributed by atoms with Gasteiger partial charge in [0.25, 0.3) is 0 Å². The van der Waals surface area contributed by atoms with Gasteiger partial charge in [-0.2, -0.15) is 5.10 Å². The topological polar surface area (TPSA) is 113 Å². The molecule has 1 aromatic rings. The molecule has 1 heterocycles. The van der Waals surface area contributed by atoms with Gasteiger partial charge in [0.15, 0.2) is 5.69 Å². The van der Waals surface area contributed by atoms with Gasteiger partial charge in [0.1, 0.15) is 6.04 Å². The molecule has 0 aliphatic heterocycles. The number of anilines is 1. The molecule has 16 heavy (non-hydrogen) atoms. The van der Waals surface area contributed by atoms with E-state index >= 15 is 0 Å². The van der Waals surface area contributed by atoms with Gasteiger partial charge in [-0.1, -0.05) is 6.92 Å². The molecule has 0 saturated carbocycles. The molecule has 7 heteroatoms. The van der Waals surface area contributed by atoms with Crippen molar-refractivity contribution >= 4 is 17.6 Å². The van der Waals surface area contributed by atoms with Gasteiger partial charge >= 0.3 is 5.97 Å². The van der Waals surface area contributed by atoms with E-state index in [1.54, 1.807) is 6.92 Å². The van der Waals surface area contributed by atoms with Crippen molar-refractivity contribution in [3.63, 3.8) is 0 Å². The van der Waals surface area contributed by atoms with E-state index in [-0.39, 0.29) is 11.4 Å². The Morgan fingerprint density at radius 1 is 1.62 bits per heavy atom. The van der Waals surface area contributed by atoms with Crippen molar-refractivity contribution in [2.24, 2.45) is 5.73 Å². The van der Waals surface area contributed by atoms with E-state index in [0.29, 0.717) is 6.42 Å². The molecule has 7 nitrogen and oxygen atoms in total. The van der Waals surface area contributed by atoms with Crippen LogP contribution in [0.25, 0.3) is 0 Å². The number of carbonyl (C=O) groups excluding carboxylic acids is 2. The number of ether oxygens (including phenoxy) is 1. The van der Waals surface area contributed by atoms with Gasteiger partial charge in [0, 0.05) is 6.20 Å². The average Bonchev–Trinajstić information content (AvgIpc) is 2.59. The van der Waals surface area contributed by atoms with Crippen LogP contribution >= 0.6 is 0 Å². The zero-order chi connectivity index (χ0) is 12.3. The zero-order valence-electron chi connectivity index (χ0n) is 9.14. The predicted molar refractivity (Wildman–Crippen MR) is 56.5 cm³/mol. The van der Waals surface area contributed by atoms with Crippen LogP contribution in [0.15, 0.2) is 6.20 Å². The summed E-state index contributed by atoms with van der Waals surface area (Å²) in [5.41, 5.74) is 10.9. The molecule has 1 unspecified atom stereocenters. The summed E-state index contributed by atoms with van der Waals surface area (Å²) in [5, 5.41) is 3.89. The van der Waals surface area contributed by atoms with Gasteiger partial charge in [-0.05, 0) is 6.42 Å². The molecule has 1 aromatic heterocycles. The van der Waals surface area contributed by atoms with Crippen molar-refractivity contribution in [3.8, 4) is 0 Å². The Morgan fingerprint density at radius 2 is 2.25 bits per heavy atom. The van der Waals surface area contributed by atoms with E-state index in [9.17, 15) is 9.59 Å². The van der Waals surface area contributed by atoms with Crippen LogP contribution in [-0.4, -0.2) is 28.8 Å². The summed E-state index contributed by atoms with van der Waals surface area (Å²) in [4.78, 5) is 22.3. The first kappa shape index (κ1) is 12.0. The maximum atomic E-state index is 11.2. The van der Waals surface area contributed by atoms with E-state index in [0.717, 1.165) is 0 Å². The van der Waals surface area contributed by atoms with Crippen molar-refractivity contribution in [3.05, 3.63) is 11.9 Å². The summed E-state index contributed by atoms with van der Waals surface area (Å²) >= 11 is 0. The quantitative estimate of drug-likeness (QED) is 0.683. The standard InChI is InChI=1S/C9H14N4O3/c1-3-6(8(11)14)13-4-5(10)7(12-13)9(15)16-2/h4,6H,3,10H2,1-2H3,(H2,11,14). The second kappa shape index (κ2) is 4.65. The molecule has 1 atom stereocenters. The van der Waals surface area contributed by atoms with Crippen LogP contribution in [0.1, 0.15) is 29.9 Å². The van der Waals surface area contributed by atoms with Crippen molar-refractivity contribution < 1.29 is 14.3 Å². The Bertz CT molecular complexity index is 413. The minimum Gasteiger partial charge on any atom is -0.464 e. The molecule has 1 rings (SSSR count). The lowest BCUT2D eigenvalue weighted by atomic mass is 10.2. The lowest BCUT2D eigenvalue weighted by molar-refractivity contribution is -0.121. The third kappa shape index (κ3) is 2.13. The monoisotopic (exact) mass is 226 g/mol. The van der Waals surface area contributed by atoms with Crippen molar-refractivity contribution in [1.29, 1.82) is 0 Å². The molecule has 0 saturated heterocycles. The molecule has 0 fully saturated rings. The normalized spacial score (nSPS) is 12.1. The number of amides is 1. The first-order valence-electron chi connectivity index (χ1n) is 4.73. The number of rotatable bonds is 4. The minimum absolute atomic E-state index is 0.0119. The highest BCUT2D eigenvalue weighted by Gasteiger charge is 2.21. The molecule has 0 spiro atoms. The van der Waals surface area contributed by atoms with Crippen LogP contribution in [0.5, 0.6) is 0 Å². The van der Waals surface area contributed by atoms with Crippen molar-refractivity contribution in [1.82, 2.24) is 9.78 Å². The largest absolute Gasteiger partial charge is 0.464 e. The maximum absolute atomic E-state index is 11.2. The van der Waals surface area contributed by atoms with Gasteiger partial charge in [-0.25, -0.2) is 4.79 Å². The van der Waals surface area contributed by atoms with Crippen LogP contribution in [0.4, 0.5) is 5.69 Å². The number of aromatic nitrogens is 2. The second-order valence-electron chi connectivity index (χ2n) is 3.23. The summed E-state index contributed by atoms with van der Waals surface area (Å²) in [6, 6.07) is -0.610. The zero-order valence-corrected chi connectivity index (χ0v) is 9.14. The average molecular weight is 226 g/mol. The predicted octanol–water partition coefficient (Wildman–Crippen LogP) is -0.312. The van der Waals surface area contributed by atoms with E-state index in [4.69, 9.17) is 11.5 Å². The smallest absolute Gasteiger partial charge is 0.360 e. The number of nitrogens with two attached hydrogens (primary N) is 2. The Hall–Kier alpha value is -2.05. The molecule has 1 amide bonds. The third-order valence-corrected chi connectivity index (χ3v) is 2.17. The summed E-state index contributed by atoms with van der Waals surface area (Å²) in [7, 11) is 1.23. The molecule has 0 aliphatic carbocycles. The number of nitrogen functional groups attached to an aromatic ring is 1. The van der Waals surface area contributed by atoms with Crippen molar-refractivity contribution in [2.45, 2.75) is 19.4 Å².